The second kappa shape index (κ2) is 11.4. The maximum absolute atomic E-state index is 12.8. The highest BCUT2D eigenvalue weighted by molar-refractivity contribution is 5.98. The molecule has 0 unspecified atom stereocenters. The maximum Gasteiger partial charge on any atom is 0.268 e. The molecule has 7 heteroatoms. The van der Waals surface area contributed by atoms with Gasteiger partial charge in [-0.2, -0.15) is 0 Å². The highest BCUT2D eigenvalue weighted by atomic mass is 16.3. The Kier molecular flexibility index (Phi) is 8.05. The highest BCUT2D eigenvalue weighted by Crippen LogP contribution is 2.23. The molecule has 0 fully saturated rings. The summed E-state index contributed by atoms with van der Waals surface area (Å²) in [6, 6.07) is 22.6. The van der Waals surface area contributed by atoms with E-state index in [1.54, 1.807) is 12.1 Å². The minimum absolute atomic E-state index is 0.0151. The van der Waals surface area contributed by atoms with Crippen LogP contribution in [0.5, 0.6) is 5.75 Å². The Morgan fingerprint density at radius 2 is 1.75 bits per heavy atom. The van der Waals surface area contributed by atoms with Crippen LogP contribution in [0.1, 0.15) is 58.7 Å². The van der Waals surface area contributed by atoms with Gasteiger partial charge in [-0.05, 0) is 67.3 Å². The predicted octanol–water partition coefficient (Wildman–Crippen LogP) is 4.11. The Hall–Kier alpha value is -3.65. The van der Waals surface area contributed by atoms with Gasteiger partial charge in [0.2, 0.25) is 0 Å². The van der Waals surface area contributed by atoms with E-state index in [1.165, 1.54) is 6.07 Å². The molecule has 6 N–H and O–H groups in total. The number of hydrogen-bond acceptors (Lipinski definition) is 5. The van der Waals surface area contributed by atoms with E-state index >= 15 is 0 Å². The van der Waals surface area contributed by atoms with Crippen molar-refractivity contribution >= 4 is 16.8 Å². The van der Waals surface area contributed by atoms with Gasteiger partial charge < -0.3 is 30.9 Å². The number of hydrogen-bond donors (Lipinski definition) is 6. The van der Waals surface area contributed by atoms with Crippen molar-refractivity contribution in [2.75, 3.05) is 6.54 Å². The smallest absolute Gasteiger partial charge is 0.268 e. The van der Waals surface area contributed by atoms with Gasteiger partial charge in [0, 0.05) is 29.1 Å². The lowest BCUT2D eigenvalue weighted by molar-refractivity contribution is 0.0935. The zero-order valence-electron chi connectivity index (χ0n) is 20.5. The van der Waals surface area contributed by atoms with Crippen LogP contribution >= 0.6 is 0 Å². The quantitative estimate of drug-likeness (QED) is 0.201. The molecule has 0 radical (unpaired) electrons. The molecule has 0 bridgehead atoms. The Bertz CT molecular complexity index is 1320. The molecule has 0 saturated heterocycles. The summed E-state index contributed by atoms with van der Waals surface area (Å²) in [5.41, 5.74) is 4.62. The van der Waals surface area contributed by atoms with Crippen molar-refractivity contribution in [3.63, 3.8) is 0 Å². The van der Waals surface area contributed by atoms with Gasteiger partial charge in [0.25, 0.3) is 5.91 Å². The van der Waals surface area contributed by atoms with Crippen LogP contribution in [-0.2, 0) is 13.0 Å². The van der Waals surface area contributed by atoms with Gasteiger partial charge in [0.05, 0.1) is 18.8 Å². The molecular weight excluding hydrogens is 454 g/mol. The first kappa shape index (κ1) is 25.4. The summed E-state index contributed by atoms with van der Waals surface area (Å²) >= 11 is 0. The zero-order valence-corrected chi connectivity index (χ0v) is 20.5. The Balaban J connectivity index is 1.35. The van der Waals surface area contributed by atoms with Gasteiger partial charge in [-0.3, -0.25) is 4.79 Å². The Morgan fingerprint density at radius 3 is 2.50 bits per heavy atom. The van der Waals surface area contributed by atoms with Crippen molar-refractivity contribution in [2.24, 2.45) is 0 Å². The van der Waals surface area contributed by atoms with Crippen LogP contribution in [0, 0.1) is 0 Å². The molecule has 188 valence electrons. The van der Waals surface area contributed by atoms with Crippen LogP contribution in [0.3, 0.4) is 0 Å². The largest absolute Gasteiger partial charge is 0.508 e. The third-order valence-corrected chi connectivity index (χ3v) is 6.44. The molecule has 0 aliphatic rings. The minimum atomic E-state index is -0.759. The number of aliphatic hydroxyl groups excluding tert-OH is 2. The number of phenols is 1. The number of rotatable bonds is 10. The number of benzene rings is 3. The van der Waals surface area contributed by atoms with E-state index in [-0.39, 0.29) is 30.3 Å². The molecule has 36 heavy (non-hydrogen) atoms. The number of fused-ring (bicyclic) bond motifs is 1. The van der Waals surface area contributed by atoms with Crippen molar-refractivity contribution in [3.05, 3.63) is 101 Å². The van der Waals surface area contributed by atoms with E-state index in [1.807, 2.05) is 62.4 Å². The van der Waals surface area contributed by atoms with E-state index in [0.29, 0.717) is 23.4 Å². The monoisotopic (exact) mass is 487 g/mol. The molecule has 1 heterocycles. The van der Waals surface area contributed by atoms with Gasteiger partial charge in [-0.1, -0.05) is 42.5 Å². The van der Waals surface area contributed by atoms with Crippen LogP contribution in [-0.4, -0.2) is 38.8 Å². The summed E-state index contributed by atoms with van der Waals surface area (Å²) in [4.78, 5) is 16.0. The lowest BCUT2D eigenvalue weighted by Crippen LogP contribution is -2.32. The number of aromatic amines is 1. The average Bonchev–Trinajstić information content (AvgIpc) is 3.32. The molecule has 0 spiro atoms. The first-order valence-electron chi connectivity index (χ1n) is 12.2. The summed E-state index contributed by atoms with van der Waals surface area (Å²) in [6.07, 6.45) is -0.0115. The molecule has 1 amide bonds. The van der Waals surface area contributed by atoms with Crippen LogP contribution in [0.2, 0.25) is 0 Å². The number of aromatic nitrogens is 1. The minimum Gasteiger partial charge on any atom is -0.508 e. The van der Waals surface area contributed by atoms with Crippen LogP contribution in [0.15, 0.2) is 72.8 Å². The summed E-state index contributed by atoms with van der Waals surface area (Å²) in [7, 11) is 0. The number of aromatic hydroxyl groups is 1. The molecule has 0 saturated carbocycles. The standard InChI is InChI=1S/C29H33N3O4/c1-18(30-16-28(35)22-9-11-27(34)24(14-22)17-33)12-20-8-10-25-23(13-20)15-26(32-25)29(36)31-19(2)21-6-4-3-5-7-21/h3-11,13-15,18-19,28,30,32-35H,12,16-17H2,1-2H3,(H,31,36)/t18-,19+,28+/m1/s1. The van der Waals surface area contributed by atoms with Crippen LogP contribution < -0.4 is 10.6 Å². The molecule has 4 aromatic rings. The fraction of sp³-hybridized carbons (Fsp3) is 0.276. The molecule has 0 aliphatic heterocycles. The molecular formula is C29H33N3O4. The zero-order chi connectivity index (χ0) is 25.7. The molecule has 0 aliphatic carbocycles. The molecule has 1 aromatic heterocycles. The van der Waals surface area contributed by atoms with Crippen LogP contribution in [0.4, 0.5) is 0 Å². The lowest BCUT2D eigenvalue weighted by atomic mass is 10.0. The second-order valence-corrected chi connectivity index (χ2v) is 9.29. The Labute approximate surface area is 210 Å². The topological polar surface area (TPSA) is 118 Å². The number of amides is 1. The molecule has 3 aromatic carbocycles. The van der Waals surface area contributed by atoms with Crippen LogP contribution in [0.25, 0.3) is 10.9 Å². The average molecular weight is 488 g/mol. The fourth-order valence-corrected chi connectivity index (χ4v) is 4.33. The lowest BCUT2D eigenvalue weighted by Gasteiger charge is -2.18. The van der Waals surface area contributed by atoms with E-state index < -0.39 is 6.10 Å². The van der Waals surface area contributed by atoms with Crippen molar-refractivity contribution < 1.29 is 20.1 Å². The number of aliphatic hydroxyl groups is 2. The molecule has 4 rings (SSSR count). The number of carbonyl (C=O) groups is 1. The van der Waals surface area contributed by atoms with Crippen molar-refractivity contribution in [3.8, 4) is 5.75 Å². The van der Waals surface area contributed by atoms with Gasteiger partial charge in [0.15, 0.2) is 0 Å². The SMILES string of the molecule is C[C@H](Cc1ccc2[nH]c(C(=O)N[C@@H](C)c3ccccc3)cc2c1)NC[C@H](O)c1ccc(O)c(CO)c1. The second-order valence-electron chi connectivity index (χ2n) is 9.29. The summed E-state index contributed by atoms with van der Waals surface area (Å²) in [6.45, 7) is 4.07. The summed E-state index contributed by atoms with van der Waals surface area (Å²) in [5.74, 6) is -0.131. The van der Waals surface area contributed by atoms with Crippen molar-refractivity contribution in [1.29, 1.82) is 0 Å². The van der Waals surface area contributed by atoms with E-state index in [4.69, 9.17) is 0 Å². The number of H-pyrrole nitrogens is 1. The highest BCUT2D eigenvalue weighted by Gasteiger charge is 2.15. The van der Waals surface area contributed by atoms with E-state index in [9.17, 15) is 20.1 Å². The van der Waals surface area contributed by atoms with E-state index in [2.05, 4.69) is 21.7 Å². The first-order chi connectivity index (χ1) is 17.3. The van der Waals surface area contributed by atoms with Gasteiger partial charge >= 0.3 is 0 Å². The normalized spacial score (nSPS) is 13.9. The van der Waals surface area contributed by atoms with Crippen molar-refractivity contribution in [1.82, 2.24) is 15.6 Å². The first-order valence-corrected chi connectivity index (χ1v) is 12.2. The third-order valence-electron chi connectivity index (χ3n) is 6.44. The van der Waals surface area contributed by atoms with Gasteiger partial charge in [-0.15, -0.1) is 0 Å². The molecule has 7 nitrogen and oxygen atoms in total. The summed E-state index contributed by atoms with van der Waals surface area (Å²) in [5, 5.41) is 36.9. The number of carbonyl (C=O) groups excluding carboxylic acids is 1. The predicted molar refractivity (Wildman–Crippen MR) is 141 cm³/mol. The summed E-state index contributed by atoms with van der Waals surface area (Å²) < 4.78 is 0. The maximum atomic E-state index is 12.8. The number of nitrogens with one attached hydrogen (secondary N) is 3. The van der Waals surface area contributed by atoms with Gasteiger partial charge in [0.1, 0.15) is 11.4 Å². The fourth-order valence-electron chi connectivity index (χ4n) is 4.33. The third kappa shape index (κ3) is 6.12. The van der Waals surface area contributed by atoms with E-state index in [0.717, 1.165) is 28.5 Å². The van der Waals surface area contributed by atoms with Gasteiger partial charge in [-0.25, -0.2) is 0 Å². The van der Waals surface area contributed by atoms with Crippen molar-refractivity contribution in [2.45, 2.75) is 45.1 Å². The Morgan fingerprint density at radius 1 is 0.972 bits per heavy atom. The molecule has 3 atom stereocenters.